The smallest absolute Gasteiger partial charge is 0.249 e. The summed E-state index contributed by atoms with van der Waals surface area (Å²) >= 11 is 1.41. The molecule has 0 aromatic carbocycles. The second kappa shape index (κ2) is 9.28. The molecule has 3 aliphatic rings. The van der Waals surface area contributed by atoms with Gasteiger partial charge in [0, 0.05) is 29.4 Å². The van der Waals surface area contributed by atoms with E-state index in [1.165, 1.54) is 11.9 Å². The second-order valence-electron chi connectivity index (χ2n) is 8.77. The molecule has 31 heavy (non-hydrogen) atoms. The van der Waals surface area contributed by atoms with E-state index in [2.05, 4.69) is 23.9 Å². The summed E-state index contributed by atoms with van der Waals surface area (Å²) in [6.07, 6.45) is 5.53. The number of carbonyl (C=O) groups excluding carboxylic acids is 1. The van der Waals surface area contributed by atoms with Crippen LogP contribution in [0.1, 0.15) is 40.5 Å². The van der Waals surface area contributed by atoms with Crippen molar-refractivity contribution in [1.82, 2.24) is 10.0 Å². The minimum absolute atomic E-state index is 0.136. The van der Waals surface area contributed by atoms with Crippen molar-refractivity contribution in [2.75, 3.05) is 6.67 Å². The highest BCUT2D eigenvalue weighted by atomic mass is 32.2. The Balaban J connectivity index is 2.03. The van der Waals surface area contributed by atoms with E-state index in [0.29, 0.717) is 35.7 Å². The number of hydrogen-bond acceptors (Lipinski definition) is 7. The molecule has 3 rings (SSSR count). The summed E-state index contributed by atoms with van der Waals surface area (Å²) in [6.45, 7) is 7.06. The standard InChI is InChI=1S/C22H32FN5O2S/c1-11(2)16-9-22(16,21(25)30)27-15-5-6-17(26-18-7-12(3)28-31-18)13(4)19(20(24)29)14(8-15)10-23/h5,7-8,11-12,16,21,27-28,30H,6,9-10,25H2,1-4H3,(H2,24,29). The van der Waals surface area contributed by atoms with E-state index in [4.69, 9.17) is 16.5 Å². The minimum atomic E-state index is -1.07. The number of rotatable bonds is 7. The Kier molecular flexibility index (Phi) is 7.10. The number of aliphatic imine (C=N–C) groups is 1. The molecule has 1 fully saturated rings. The Morgan fingerprint density at radius 1 is 1.52 bits per heavy atom. The Morgan fingerprint density at radius 2 is 2.23 bits per heavy atom. The highest BCUT2D eigenvalue weighted by Crippen LogP contribution is 2.50. The maximum absolute atomic E-state index is 14.0. The number of amides is 1. The molecule has 7 nitrogen and oxygen atoms in total. The van der Waals surface area contributed by atoms with Crippen molar-refractivity contribution in [3.05, 3.63) is 45.7 Å². The van der Waals surface area contributed by atoms with Crippen molar-refractivity contribution in [2.24, 2.45) is 28.3 Å². The Labute approximate surface area is 187 Å². The number of allylic oxidation sites excluding steroid dienone is 3. The van der Waals surface area contributed by atoms with Crippen molar-refractivity contribution in [3.8, 4) is 0 Å². The first kappa shape index (κ1) is 23.7. The summed E-state index contributed by atoms with van der Waals surface area (Å²) in [5.74, 6) is -0.185. The highest BCUT2D eigenvalue weighted by Gasteiger charge is 2.59. The molecule has 170 valence electrons. The van der Waals surface area contributed by atoms with Gasteiger partial charge in [0.15, 0.2) is 0 Å². The number of nitrogens with two attached hydrogens (primary N) is 2. The number of nitrogens with zero attached hydrogens (tertiary/aromatic N) is 1. The van der Waals surface area contributed by atoms with Crippen LogP contribution >= 0.6 is 11.9 Å². The molecular formula is C22H32FN5O2S. The molecule has 0 saturated heterocycles. The molecule has 1 heterocycles. The first-order valence-corrected chi connectivity index (χ1v) is 11.3. The van der Waals surface area contributed by atoms with Gasteiger partial charge in [-0.1, -0.05) is 19.9 Å². The number of aliphatic hydroxyl groups excluding tert-OH is 1. The molecule has 7 N–H and O–H groups in total. The summed E-state index contributed by atoms with van der Waals surface area (Å²) < 4.78 is 17.2. The van der Waals surface area contributed by atoms with Crippen LogP contribution in [-0.2, 0) is 4.79 Å². The average molecular weight is 450 g/mol. The van der Waals surface area contributed by atoms with E-state index in [9.17, 15) is 14.3 Å². The summed E-state index contributed by atoms with van der Waals surface area (Å²) in [5.41, 5.74) is 13.0. The van der Waals surface area contributed by atoms with Crippen LogP contribution in [0.25, 0.3) is 0 Å². The predicted molar refractivity (Wildman–Crippen MR) is 123 cm³/mol. The van der Waals surface area contributed by atoms with Crippen molar-refractivity contribution >= 4 is 23.6 Å². The molecule has 9 heteroatoms. The first-order chi connectivity index (χ1) is 14.6. The third kappa shape index (κ3) is 4.95. The zero-order valence-corrected chi connectivity index (χ0v) is 19.2. The van der Waals surface area contributed by atoms with Gasteiger partial charge < -0.3 is 21.9 Å². The van der Waals surface area contributed by atoms with Gasteiger partial charge in [-0.25, -0.2) is 9.38 Å². The summed E-state index contributed by atoms with van der Waals surface area (Å²) in [6, 6.07) is 0.181. The van der Waals surface area contributed by atoms with E-state index in [1.54, 1.807) is 13.0 Å². The predicted octanol–water partition coefficient (Wildman–Crippen LogP) is 2.18. The lowest BCUT2D eigenvalue weighted by molar-refractivity contribution is -0.114. The van der Waals surface area contributed by atoms with Gasteiger partial charge >= 0.3 is 0 Å². The highest BCUT2D eigenvalue weighted by molar-refractivity contribution is 8.01. The van der Waals surface area contributed by atoms with Gasteiger partial charge in [-0.15, -0.1) is 0 Å². The van der Waals surface area contributed by atoms with Crippen LogP contribution in [0, 0.1) is 11.8 Å². The van der Waals surface area contributed by atoms with Crippen molar-refractivity contribution in [1.29, 1.82) is 0 Å². The molecule has 0 bridgehead atoms. The van der Waals surface area contributed by atoms with E-state index in [-0.39, 0.29) is 23.1 Å². The molecule has 2 aliphatic carbocycles. The largest absolute Gasteiger partial charge is 0.376 e. The summed E-state index contributed by atoms with van der Waals surface area (Å²) in [7, 11) is 0. The van der Waals surface area contributed by atoms with Crippen LogP contribution in [-0.4, -0.2) is 41.2 Å². The molecule has 0 radical (unpaired) electrons. The Bertz CT molecular complexity index is 906. The number of hydrogen-bond donors (Lipinski definition) is 5. The van der Waals surface area contributed by atoms with Gasteiger partial charge in [-0.05, 0) is 67.4 Å². The quantitative estimate of drug-likeness (QED) is 0.300. The van der Waals surface area contributed by atoms with Crippen molar-refractivity contribution < 1.29 is 14.3 Å². The summed E-state index contributed by atoms with van der Waals surface area (Å²) in [5, 5.41) is 14.4. The van der Waals surface area contributed by atoms with Crippen LogP contribution in [0.15, 0.2) is 50.7 Å². The van der Waals surface area contributed by atoms with E-state index >= 15 is 0 Å². The van der Waals surface area contributed by atoms with Gasteiger partial charge in [-0.3, -0.25) is 9.52 Å². The van der Waals surface area contributed by atoms with E-state index in [1.807, 2.05) is 19.1 Å². The monoisotopic (exact) mass is 449 g/mol. The Morgan fingerprint density at radius 3 is 2.71 bits per heavy atom. The fourth-order valence-corrected chi connectivity index (χ4v) is 5.12. The van der Waals surface area contributed by atoms with Crippen LogP contribution in [0.4, 0.5) is 4.39 Å². The fourth-order valence-electron chi connectivity index (χ4n) is 4.32. The van der Waals surface area contributed by atoms with Gasteiger partial charge in [-0.2, -0.15) is 0 Å². The molecule has 1 saturated carbocycles. The fraction of sp³-hybridized carbons (Fsp3) is 0.545. The van der Waals surface area contributed by atoms with Crippen molar-refractivity contribution in [3.63, 3.8) is 0 Å². The van der Waals surface area contributed by atoms with Gasteiger partial charge in [0.1, 0.15) is 17.9 Å². The van der Waals surface area contributed by atoms with Crippen LogP contribution in [0.3, 0.4) is 0 Å². The maximum Gasteiger partial charge on any atom is 0.249 e. The normalized spacial score (nSPS) is 31.1. The third-order valence-corrected chi connectivity index (χ3v) is 7.05. The van der Waals surface area contributed by atoms with E-state index < -0.39 is 24.3 Å². The lowest BCUT2D eigenvalue weighted by atomic mass is 9.92. The third-order valence-electron chi connectivity index (χ3n) is 6.12. The number of carbonyl (C=O) groups is 1. The molecule has 4 atom stereocenters. The SMILES string of the molecule is CC1=C(C(N)=O)C(CF)=CC(NC2(C(N)O)CC2C(C)C)=CCC1=NC1=CC(C)NS1. The maximum atomic E-state index is 14.0. The molecule has 1 amide bonds. The molecule has 0 aromatic heterocycles. The van der Waals surface area contributed by atoms with Crippen LogP contribution in [0.5, 0.6) is 0 Å². The molecule has 0 spiro atoms. The average Bonchev–Trinajstić information content (AvgIpc) is 3.29. The number of halogens is 1. The lowest BCUT2D eigenvalue weighted by Gasteiger charge is -2.27. The molecule has 0 aromatic rings. The number of nitrogens with one attached hydrogen (secondary N) is 2. The zero-order chi connectivity index (χ0) is 22.9. The van der Waals surface area contributed by atoms with Crippen LogP contribution in [0.2, 0.25) is 0 Å². The topological polar surface area (TPSA) is 126 Å². The lowest BCUT2D eigenvalue weighted by Crippen LogP contribution is -2.49. The Hall–Kier alpha value is -1.94. The van der Waals surface area contributed by atoms with Crippen molar-refractivity contribution in [2.45, 2.75) is 58.3 Å². The van der Waals surface area contributed by atoms with Crippen LogP contribution < -0.4 is 21.5 Å². The summed E-state index contributed by atoms with van der Waals surface area (Å²) in [4.78, 5) is 17.0. The molecule has 4 unspecified atom stereocenters. The molecular weight excluding hydrogens is 417 g/mol. The van der Waals surface area contributed by atoms with Gasteiger partial charge in [0.2, 0.25) is 5.91 Å². The number of alkyl halides is 1. The first-order valence-electron chi connectivity index (χ1n) is 10.5. The zero-order valence-electron chi connectivity index (χ0n) is 18.4. The second-order valence-corrected chi connectivity index (χ2v) is 9.63. The number of aliphatic hydroxyl groups is 1. The molecule has 1 aliphatic heterocycles. The number of primary amides is 1. The van der Waals surface area contributed by atoms with Gasteiger partial charge in [0.25, 0.3) is 0 Å². The van der Waals surface area contributed by atoms with E-state index in [0.717, 1.165) is 5.03 Å². The van der Waals surface area contributed by atoms with Gasteiger partial charge in [0.05, 0.1) is 5.54 Å². The minimum Gasteiger partial charge on any atom is -0.376 e.